The fourth-order valence-electron chi connectivity index (χ4n) is 4.03. The molecule has 2 heterocycles. The van der Waals surface area contributed by atoms with Gasteiger partial charge in [0.05, 0.1) is 11.4 Å². The summed E-state index contributed by atoms with van der Waals surface area (Å²) in [5.41, 5.74) is 2.04. The molecule has 2 fully saturated rings. The van der Waals surface area contributed by atoms with E-state index in [0.29, 0.717) is 12.6 Å². The number of rotatable bonds is 6. The van der Waals surface area contributed by atoms with Gasteiger partial charge in [-0.15, -0.1) is 0 Å². The van der Waals surface area contributed by atoms with Gasteiger partial charge in [-0.2, -0.15) is 5.10 Å². The number of para-hydroxylation sites is 2. The van der Waals surface area contributed by atoms with Gasteiger partial charge in [-0.05, 0) is 43.7 Å². The smallest absolute Gasteiger partial charge is 0.319 e. The number of amides is 2. The molecule has 1 saturated heterocycles. The number of piperidine rings is 1. The third kappa shape index (κ3) is 3.60. The molecule has 1 aliphatic heterocycles. The summed E-state index contributed by atoms with van der Waals surface area (Å²) < 4.78 is 0. The van der Waals surface area contributed by atoms with Gasteiger partial charge >= 0.3 is 6.03 Å². The molecule has 2 bridgehead atoms. The standard InChI is InChI=1S/C18H24N6O/c25-18(19-9-3-6-17-20-12-21-23-17)22-15-4-1-2-5-16(15)24-11-13-7-8-14(24)10-13/h1-2,4-5,12-14H,3,6-11H2,(H2,19,22,25)(H,20,21,23)/t13-,14-/m0/s1. The van der Waals surface area contributed by atoms with E-state index in [9.17, 15) is 4.79 Å². The molecule has 132 valence electrons. The second kappa shape index (κ2) is 7.13. The summed E-state index contributed by atoms with van der Waals surface area (Å²) >= 11 is 0. The summed E-state index contributed by atoms with van der Waals surface area (Å²) in [6.45, 7) is 1.71. The van der Waals surface area contributed by atoms with Crippen molar-refractivity contribution in [2.75, 3.05) is 23.3 Å². The number of carbonyl (C=O) groups excluding carboxylic acids is 1. The number of fused-ring (bicyclic) bond motifs is 2. The zero-order valence-corrected chi connectivity index (χ0v) is 14.2. The number of urea groups is 1. The maximum Gasteiger partial charge on any atom is 0.319 e. The summed E-state index contributed by atoms with van der Waals surface area (Å²) in [6.07, 6.45) is 7.00. The van der Waals surface area contributed by atoms with Crippen molar-refractivity contribution in [3.8, 4) is 0 Å². The third-order valence-electron chi connectivity index (χ3n) is 5.21. The van der Waals surface area contributed by atoms with Gasteiger partial charge in [-0.1, -0.05) is 12.1 Å². The predicted molar refractivity (Wildman–Crippen MR) is 96.6 cm³/mol. The van der Waals surface area contributed by atoms with Gasteiger partial charge < -0.3 is 15.5 Å². The Balaban J connectivity index is 1.30. The fraction of sp³-hybridized carbons (Fsp3) is 0.500. The van der Waals surface area contributed by atoms with Gasteiger partial charge in [0.2, 0.25) is 0 Å². The van der Waals surface area contributed by atoms with E-state index in [1.54, 1.807) is 0 Å². The van der Waals surface area contributed by atoms with Gasteiger partial charge in [-0.3, -0.25) is 5.10 Å². The molecule has 1 aromatic carbocycles. The van der Waals surface area contributed by atoms with E-state index in [0.717, 1.165) is 42.5 Å². The molecule has 2 aromatic rings. The van der Waals surface area contributed by atoms with Crippen molar-refractivity contribution in [3.05, 3.63) is 36.4 Å². The van der Waals surface area contributed by atoms with Crippen LogP contribution in [0.25, 0.3) is 0 Å². The molecule has 3 N–H and O–H groups in total. The van der Waals surface area contributed by atoms with Crippen molar-refractivity contribution in [1.29, 1.82) is 0 Å². The minimum atomic E-state index is -0.158. The van der Waals surface area contributed by atoms with Crippen LogP contribution < -0.4 is 15.5 Å². The molecular weight excluding hydrogens is 316 g/mol. The molecule has 7 heteroatoms. The monoisotopic (exact) mass is 340 g/mol. The highest BCUT2D eigenvalue weighted by Crippen LogP contribution is 2.42. The molecule has 2 amide bonds. The minimum absolute atomic E-state index is 0.158. The highest BCUT2D eigenvalue weighted by molar-refractivity contribution is 5.93. The number of aromatic nitrogens is 3. The quantitative estimate of drug-likeness (QED) is 0.706. The van der Waals surface area contributed by atoms with E-state index in [2.05, 4.69) is 36.8 Å². The van der Waals surface area contributed by atoms with Crippen LogP contribution in [0.3, 0.4) is 0 Å². The van der Waals surface area contributed by atoms with Crippen molar-refractivity contribution in [2.24, 2.45) is 5.92 Å². The highest BCUT2D eigenvalue weighted by Gasteiger charge is 2.38. The topological polar surface area (TPSA) is 85.9 Å². The number of aryl methyl sites for hydroxylation is 1. The first-order valence-corrected chi connectivity index (χ1v) is 9.04. The molecular formula is C18H24N6O. The second-order valence-corrected chi connectivity index (χ2v) is 6.92. The molecule has 0 spiro atoms. The van der Waals surface area contributed by atoms with Gasteiger partial charge in [0.1, 0.15) is 12.2 Å². The molecule has 2 aliphatic rings. The lowest BCUT2D eigenvalue weighted by molar-refractivity contribution is 0.252. The maximum absolute atomic E-state index is 12.2. The van der Waals surface area contributed by atoms with Crippen molar-refractivity contribution >= 4 is 17.4 Å². The average molecular weight is 340 g/mol. The van der Waals surface area contributed by atoms with Crippen LogP contribution in [0.1, 0.15) is 31.5 Å². The third-order valence-corrected chi connectivity index (χ3v) is 5.21. The lowest BCUT2D eigenvalue weighted by Crippen LogP contribution is -2.34. The van der Waals surface area contributed by atoms with Crippen molar-refractivity contribution in [3.63, 3.8) is 0 Å². The average Bonchev–Trinajstić information content (AvgIpc) is 3.37. The Bertz CT molecular complexity index is 716. The largest absolute Gasteiger partial charge is 0.367 e. The Labute approximate surface area is 147 Å². The van der Waals surface area contributed by atoms with Crippen molar-refractivity contribution < 1.29 is 4.79 Å². The summed E-state index contributed by atoms with van der Waals surface area (Å²) in [4.78, 5) is 18.8. The van der Waals surface area contributed by atoms with Gasteiger partial charge in [0, 0.05) is 25.6 Å². The van der Waals surface area contributed by atoms with Crippen molar-refractivity contribution in [1.82, 2.24) is 20.5 Å². The summed E-state index contributed by atoms with van der Waals surface area (Å²) in [5.74, 6) is 1.67. The van der Waals surface area contributed by atoms with Crippen molar-refractivity contribution in [2.45, 2.75) is 38.1 Å². The predicted octanol–water partition coefficient (Wildman–Crippen LogP) is 2.55. The first-order chi connectivity index (χ1) is 12.3. The summed E-state index contributed by atoms with van der Waals surface area (Å²) in [5, 5.41) is 12.6. The van der Waals surface area contributed by atoms with Crippen LogP contribution in [0.15, 0.2) is 30.6 Å². The lowest BCUT2D eigenvalue weighted by Gasteiger charge is -2.31. The first kappa shape index (κ1) is 15.9. The van der Waals surface area contributed by atoms with E-state index < -0.39 is 0 Å². The number of carbonyl (C=O) groups is 1. The Morgan fingerprint density at radius 3 is 3.00 bits per heavy atom. The Morgan fingerprint density at radius 1 is 1.32 bits per heavy atom. The van der Waals surface area contributed by atoms with Crippen LogP contribution in [0, 0.1) is 5.92 Å². The van der Waals surface area contributed by atoms with Gasteiger partial charge in [0.25, 0.3) is 0 Å². The fourth-order valence-corrected chi connectivity index (χ4v) is 4.03. The zero-order chi connectivity index (χ0) is 17.1. The lowest BCUT2D eigenvalue weighted by atomic mass is 10.1. The molecule has 4 rings (SSSR count). The highest BCUT2D eigenvalue weighted by atomic mass is 16.2. The normalized spacial score (nSPS) is 21.5. The number of nitrogens with zero attached hydrogens (tertiary/aromatic N) is 3. The number of hydrogen-bond donors (Lipinski definition) is 3. The minimum Gasteiger partial charge on any atom is -0.367 e. The van der Waals surface area contributed by atoms with Crippen LogP contribution in [-0.2, 0) is 6.42 Å². The van der Waals surface area contributed by atoms with E-state index >= 15 is 0 Å². The zero-order valence-electron chi connectivity index (χ0n) is 14.2. The van der Waals surface area contributed by atoms with Crippen LogP contribution in [0.5, 0.6) is 0 Å². The van der Waals surface area contributed by atoms with E-state index in [4.69, 9.17) is 0 Å². The number of benzene rings is 1. The van der Waals surface area contributed by atoms with Gasteiger partial charge in [0.15, 0.2) is 0 Å². The number of aromatic amines is 1. The van der Waals surface area contributed by atoms with E-state index in [-0.39, 0.29) is 6.03 Å². The number of anilines is 2. The Kier molecular flexibility index (Phi) is 4.54. The molecule has 0 unspecified atom stereocenters. The molecule has 1 aliphatic carbocycles. The summed E-state index contributed by atoms with van der Waals surface area (Å²) in [6, 6.07) is 8.58. The molecule has 2 atom stereocenters. The van der Waals surface area contributed by atoms with Crippen LogP contribution in [0.2, 0.25) is 0 Å². The number of nitrogens with one attached hydrogen (secondary N) is 3. The molecule has 1 saturated carbocycles. The molecule has 0 radical (unpaired) electrons. The van der Waals surface area contributed by atoms with Gasteiger partial charge in [-0.25, -0.2) is 9.78 Å². The summed E-state index contributed by atoms with van der Waals surface area (Å²) in [7, 11) is 0. The Morgan fingerprint density at radius 2 is 2.24 bits per heavy atom. The molecule has 25 heavy (non-hydrogen) atoms. The first-order valence-electron chi connectivity index (χ1n) is 9.04. The van der Waals surface area contributed by atoms with Crippen LogP contribution in [0.4, 0.5) is 16.2 Å². The second-order valence-electron chi connectivity index (χ2n) is 6.92. The van der Waals surface area contributed by atoms with Crippen LogP contribution >= 0.6 is 0 Å². The SMILES string of the molecule is O=C(NCCCc1ncn[nH]1)Nc1ccccc1N1C[C@H]2CC[C@H]1C2. The Hall–Kier alpha value is -2.57. The van der Waals surface area contributed by atoms with E-state index in [1.165, 1.54) is 25.6 Å². The maximum atomic E-state index is 12.2. The van der Waals surface area contributed by atoms with E-state index in [1.807, 2.05) is 18.2 Å². The number of H-pyrrole nitrogens is 1. The molecule has 7 nitrogen and oxygen atoms in total. The van der Waals surface area contributed by atoms with Crippen LogP contribution in [-0.4, -0.2) is 40.3 Å². The molecule has 1 aromatic heterocycles. The number of hydrogen-bond acceptors (Lipinski definition) is 4.